The molecule has 2 nitrogen and oxygen atoms in total. The molecule has 0 spiro atoms. The molecule has 1 aliphatic carbocycles. The summed E-state index contributed by atoms with van der Waals surface area (Å²) in [5.74, 6) is 0.399. The Morgan fingerprint density at radius 2 is 2.17 bits per heavy atom. The molecule has 1 fully saturated rings. The van der Waals surface area contributed by atoms with Crippen LogP contribution < -0.4 is 5.73 Å². The zero-order chi connectivity index (χ0) is 9.41. The van der Waals surface area contributed by atoms with Gasteiger partial charge < -0.3 is 10.8 Å². The highest BCUT2D eigenvalue weighted by molar-refractivity contribution is 5.00. The number of hydrogen-bond acceptors (Lipinski definition) is 2. The number of nitrogens with two attached hydrogens (primary N) is 1. The summed E-state index contributed by atoms with van der Waals surface area (Å²) in [5.41, 5.74) is 5.01. The molecule has 1 aliphatic rings. The van der Waals surface area contributed by atoms with Crippen LogP contribution in [0.25, 0.3) is 0 Å². The number of rotatable bonds is 2. The summed E-state index contributed by atoms with van der Waals surface area (Å²) in [7, 11) is 0. The first-order valence-electron chi connectivity index (χ1n) is 4.86. The van der Waals surface area contributed by atoms with Crippen LogP contribution in [0.1, 0.15) is 40.0 Å². The van der Waals surface area contributed by atoms with E-state index in [0.717, 1.165) is 19.3 Å². The Hall–Kier alpha value is -0.0800. The van der Waals surface area contributed by atoms with Crippen molar-refractivity contribution in [3.63, 3.8) is 0 Å². The van der Waals surface area contributed by atoms with E-state index in [1.165, 1.54) is 0 Å². The van der Waals surface area contributed by atoms with Gasteiger partial charge in [0.2, 0.25) is 0 Å². The Labute approximate surface area is 75.2 Å². The van der Waals surface area contributed by atoms with E-state index >= 15 is 0 Å². The summed E-state index contributed by atoms with van der Waals surface area (Å²) >= 11 is 0. The predicted octanol–water partition coefficient (Wildman–Crippen LogP) is 1.52. The molecule has 0 bridgehead atoms. The molecule has 0 saturated heterocycles. The molecule has 2 unspecified atom stereocenters. The van der Waals surface area contributed by atoms with E-state index in [-0.39, 0.29) is 5.41 Å². The summed E-state index contributed by atoms with van der Waals surface area (Å²) in [6, 6.07) is 0. The lowest BCUT2D eigenvalue weighted by Crippen LogP contribution is -2.50. The third-order valence-electron chi connectivity index (χ3n) is 3.69. The Bertz CT molecular complexity index is 167. The minimum atomic E-state index is -0.526. The van der Waals surface area contributed by atoms with Crippen molar-refractivity contribution >= 4 is 0 Å². The topological polar surface area (TPSA) is 46.2 Å². The zero-order valence-electron chi connectivity index (χ0n) is 8.43. The maximum atomic E-state index is 10.4. The lowest BCUT2D eigenvalue weighted by molar-refractivity contribution is -0.0869. The van der Waals surface area contributed by atoms with E-state index in [0.29, 0.717) is 12.5 Å². The molecule has 0 aliphatic heterocycles. The Balaban J connectivity index is 2.83. The van der Waals surface area contributed by atoms with Crippen LogP contribution in [-0.4, -0.2) is 17.3 Å². The standard InChI is InChI=1S/C10H21NO/c1-8-5-4-6-10(8,12)9(2,3)7-11/h8,12H,4-7,11H2,1-3H3. The highest BCUT2D eigenvalue weighted by Crippen LogP contribution is 2.46. The SMILES string of the molecule is CC1CCCC1(O)C(C)(C)CN. The smallest absolute Gasteiger partial charge is 0.0735 e. The van der Waals surface area contributed by atoms with Crippen LogP contribution in [-0.2, 0) is 0 Å². The fraction of sp³-hybridized carbons (Fsp3) is 1.00. The van der Waals surface area contributed by atoms with Gasteiger partial charge in [-0.1, -0.05) is 27.2 Å². The molecule has 0 heterocycles. The van der Waals surface area contributed by atoms with E-state index in [2.05, 4.69) is 20.8 Å². The fourth-order valence-corrected chi connectivity index (χ4v) is 2.35. The fourth-order valence-electron chi connectivity index (χ4n) is 2.35. The normalized spacial score (nSPS) is 37.2. The van der Waals surface area contributed by atoms with Gasteiger partial charge in [0.15, 0.2) is 0 Å². The van der Waals surface area contributed by atoms with Gasteiger partial charge in [0.05, 0.1) is 5.60 Å². The van der Waals surface area contributed by atoms with Crippen molar-refractivity contribution in [2.45, 2.75) is 45.6 Å². The van der Waals surface area contributed by atoms with Crippen LogP contribution >= 0.6 is 0 Å². The van der Waals surface area contributed by atoms with Gasteiger partial charge in [-0.3, -0.25) is 0 Å². The highest BCUT2D eigenvalue weighted by atomic mass is 16.3. The molecule has 1 rings (SSSR count). The van der Waals surface area contributed by atoms with E-state index in [1.807, 2.05) is 0 Å². The largest absolute Gasteiger partial charge is 0.389 e. The molecule has 2 atom stereocenters. The first-order valence-corrected chi connectivity index (χ1v) is 4.86. The molecule has 72 valence electrons. The van der Waals surface area contributed by atoms with Crippen LogP contribution in [0.15, 0.2) is 0 Å². The minimum Gasteiger partial charge on any atom is -0.389 e. The molecule has 12 heavy (non-hydrogen) atoms. The average molecular weight is 171 g/mol. The minimum absolute atomic E-state index is 0.136. The van der Waals surface area contributed by atoms with Gasteiger partial charge in [-0.2, -0.15) is 0 Å². The van der Waals surface area contributed by atoms with E-state index < -0.39 is 5.60 Å². The molecule has 3 N–H and O–H groups in total. The van der Waals surface area contributed by atoms with Crippen LogP contribution in [0, 0.1) is 11.3 Å². The summed E-state index contributed by atoms with van der Waals surface area (Å²) in [4.78, 5) is 0. The van der Waals surface area contributed by atoms with Crippen molar-refractivity contribution in [1.29, 1.82) is 0 Å². The summed E-state index contributed by atoms with van der Waals surface area (Å²) in [6.45, 7) is 6.82. The van der Waals surface area contributed by atoms with E-state index in [9.17, 15) is 5.11 Å². The third-order valence-corrected chi connectivity index (χ3v) is 3.69. The monoisotopic (exact) mass is 171 g/mol. The first-order chi connectivity index (χ1) is 5.44. The quantitative estimate of drug-likeness (QED) is 0.661. The van der Waals surface area contributed by atoms with Crippen molar-refractivity contribution in [3.05, 3.63) is 0 Å². The van der Waals surface area contributed by atoms with Crippen molar-refractivity contribution < 1.29 is 5.11 Å². The van der Waals surface area contributed by atoms with Crippen LogP contribution in [0.3, 0.4) is 0 Å². The average Bonchev–Trinajstić information content (AvgIpc) is 2.34. The Morgan fingerprint density at radius 1 is 1.58 bits per heavy atom. The second-order valence-corrected chi connectivity index (χ2v) is 4.81. The molecular weight excluding hydrogens is 150 g/mol. The molecule has 0 aromatic carbocycles. The maximum absolute atomic E-state index is 10.4. The molecule has 0 aromatic heterocycles. The van der Waals surface area contributed by atoms with Gasteiger partial charge in [-0.15, -0.1) is 0 Å². The lowest BCUT2D eigenvalue weighted by Gasteiger charge is -2.42. The Kier molecular flexibility index (Phi) is 2.50. The lowest BCUT2D eigenvalue weighted by atomic mass is 9.70. The van der Waals surface area contributed by atoms with Crippen LogP contribution in [0.4, 0.5) is 0 Å². The maximum Gasteiger partial charge on any atom is 0.0735 e. The molecule has 0 amide bonds. The van der Waals surface area contributed by atoms with Crippen LogP contribution in [0.2, 0.25) is 0 Å². The van der Waals surface area contributed by atoms with Gasteiger partial charge in [0, 0.05) is 12.0 Å². The van der Waals surface area contributed by atoms with Gasteiger partial charge in [0.1, 0.15) is 0 Å². The van der Waals surface area contributed by atoms with Gasteiger partial charge >= 0.3 is 0 Å². The molecule has 2 heteroatoms. The van der Waals surface area contributed by atoms with Gasteiger partial charge in [-0.05, 0) is 18.8 Å². The molecule has 0 radical (unpaired) electrons. The van der Waals surface area contributed by atoms with Crippen molar-refractivity contribution in [3.8, 4) is 0 Å². The number of aliphatic hydroxyl groups is 1. The van der Waals surface area contributed by atoms with Crippen LogP contribution in [0.5, 0.6) is 0 Å². The highest BCUT2D eigenvalue weighted by Gasteiger charge is 2.48. The third kappa shape index (κ3) is 1.27. The predicted molar refractivity (Wildman–Crippen MR) is 50.8 cm³/mol. The first kappa shape index (κ1) is 10.0. The molecule has 1 saturated carbocycles. The zero-order valence-corrected chi connectivity index (χ0v) is 8.43. The van der Waals surface area contributed by atoms with Gasteiger partial charge in [0.25, 0.3) is 0 Å². The second-order valence-electron chi connectivity index (χ2n) is 4.81. The molecule has 0 aromatic rings. The van der Waals surface area contributed by atoms with E-state index in [1.54, 1.807) is 0 Å². The number of hydrogen-bond donors (Lipinski definition) is 2. The summed E-state index contributed by atoms with van der Waals surface area (Å²) in [5, 5.41) is 10.4. The van der Waals surface area contributed by atoms with Crippen molar-refractivity contribution in [1.82, 2.24) is 0 Å². The molecular formula is C10H21NO. The Morgan fingerprint density at radius 3 is 2.50 bits per heavy atom. The van der Waals surface area contributed by atoms with E-state index in [4.69, 9.17) is 5.73 Å². The summed E-state index contributed by atoms with van der Waals surface area (Å²) < 4.78 is 0. The van der Waals surface area contributed by atoms with Crippen molar-refractivity contribution in [2.75, 3.05) is 6.54 Å². The van der Waals surface area contributed by atoms with Crippen molar-refractivity contribution in [2.24, 2.45) is 17.1 Å². The second kappa shape index (κ2) is 3.00. The van der Waals surface area contributed by atoms with Gasteiger partial charge in [-0.25, -0.2) is 0 Å². The summed E-state index contributed by atoms with van der Waals surface area (Å²) in [6.07, 6.45) is 3.19.